The lowest BCUT2D eigenvalue weighted by atomic mass is 10.0. The Bertz CT molecular complexity index is 1960. The van der Waals surface area contributed by atoms with Crippen molar-refractivity contribution in [2.24, 2.45) is 0 Å². The number of amides is 5. The number of carbonyl (C=O) groups is 5. The smallest absolute Gasteiger partial charge is 0.274 e. The van der Waals surface area contributed by atoms with Crippen LogP contribution in [-0.4, -0.2) is 85.4 Å². The molecule has 0 aliphatic carbocycles. The van der Waals surface area contributed by atoms with Crippen LogP contribution < -0.4 is 21.3 Å². The number of rotatable bonds is 5. The Morgan fingerprint density at radius 1 is 0.840 bits per heavy atom. The molecule has 6 rings (SSSR count). The largest absolute Gasteiger partial charge is 0.359 e. The summed E-state index contributed by atoms with van der Waals surface area (Å²) in [7, 11) is 0. The molecular formula is C35H35N9O6. The molecule has 4 heterocycles. The summed E-state index contributed by atoms with van der Waals surface area (Å²) in [5.74, 6) is -2.68. The van der Waals surface area contributed by atoms with Crippen molar-refractivity contribution < 1.29 is 28.5 Å². The molecule has 0 saturated carbocycles. The summed E-state index contributed by atoms with van der Waals surface area (Å²) in [5.41, 5.74) is 2.03. The van der Waals surface area contributed by atoms with Gasteiger partial charge in [-0.3, -0.25) is 24.0 Å². The molecule has 5 amide bonds. The maximum Gasteiger partial charge on any atom is 0.274 e. The molecule has 50 heavy (non-hydrogen) atoms. The lowest BCUT2D eigenvalue weighted by Gasteiger charge is -2.25. The molecule has 15 nitrogen and oxygen atoms in total. The van der Waals surface area contributed by atoms with Crippen LogP contribution in [0.1, 0.15) is 44.8 Å². The van der Waals surface area contributed by atoms with Crippen LogP contribution in [-0.2, 0) is 33.8 Å². The summed E-state index contributed by atoms with van der Waals surface area (Å²) in [4.78, 5) is 73.3. The van der Waals surface area contributed by atoms with Gasteiger partial charge in [0.15, 0.2) is 22.8 Å². The standard InChI is InChI=1S/C35H35N9O6/c1-22-31(45)39-27(18-24-11-6-3-7-12-24)33(47)40-26(17-23-9-4-2-5-10-23)32(46)37-14-16-43(21-25-19-28(42-50-25)34(48)38-22)35(49)29-20-30-36-13-8-15-44(30)41-29/h2-13,15,19-20,22,26-27H,14,16-18,21H2,1H3,(H,37,46)(H,38,48)(H,39,45)(H,40,47)/t22-,26+,27-/m0/s1. The van der Waals surface area contributed by atoms with Crippen LogP contribution in [0.25, 0.3) is 5.65 Å². The summed E-state index contributed by atoms with van der Waals surface area (Å²) >= 11 is 0. The minimum Gasteiger partial charge on any atom is -0.359 e. The zero-order chi connectivity index (χ0) is 35.0. The van der Waals surface area contributed by atoms with Crippen molar-refractivity contribution in [3.63, 3.8) is 0 Å². The molecule has 0 saturated heterocycles. The molecule has 5 aromatic rings. The summed E-state index contributed by atoms with van der Waals surface area (Å²) in [6.07, 6.45) is 3.53. The second-order valence-electron chi connectivity index (χ2n) is 11.8. The SMILES string of the molecule is C[C@@H]1NC(=O)c2cc(on2)CN(C(=O)c2cc3ncccn3n2)CCNC(=O)[C@@H](Cc2ccccc2)NC(=O)[C@H](Cc2ccccc2)NC1=O. The van der Waals surface area contributed by atoms with E-state index >= 15 is 0 Å². The molecule has 2 aromatic carbocycles. The quantitative estimate of drug-likeness (QED) is 0.211. The molecule has 0 radical (unpaired) electrons. The Morgan fingerprint density at radius 2 is 1.50 bits per heavy atom. The first-order chi connectivity index (χ1) is 24.2. The van der Waals surface area contributed by atoms with Crippen LogP contribution in [0.4, 0.5) is 0 Å². The van der Waals surface area contributed by atoms with Crippen LogP contribution in [0.15, 0.2) is 95.8 Å². The van der Waals surface area contributed by atoms with Crippen LogP contribution in [0.5, 0.6) is 0 Å². The molecular weight excluding hydrogens is 642 g/mol. The zero-order valence-corrected chi connectivity index (χ0v) is 27.1. The fourth-order valence-electron chi connectivity index (χ4n) is 5.49. The number of carbonyl (C=O) groups excluding carboxylic acids is 5. The van der Waals surface area contributed by atoms with E-state index in [1.807, 2.05) is 60.7 Å². The second-order valence-corrected chi connectivity index (χ2v) is 11.8. The topological polar surface area (TPSA) is 193 Å². The summed E-state index contributed by atoms with van der Waals surface area (Å²) in [6, 6.07) is 19.7. The number of hydrogen-bond donors (Lipinski definition) is 4. The molecule has 256 valence electrons. The van der Waals surface area contributed by atoms with E-state index in [1.54, 1.807) is 18.5 Å². The average Bonchev–Trinajstić information content (AvgIpc) is 3.78. The van der Waals surface area contributed by atoms with Crippen molar-refractivity contribution in [1.29, 1.82) is 0 Å². The normalized spacial score (nSPS) is 19.5. The number of benzene rings is 2. The molecule has 3 aromatic heterocycles. The first kappa shape index (κ1) is 33.5. The van der Waals surface area contributed by atoms with Gasteiger partial charge in [-0.15, -0.1) is 0 Å². The maximum absolute atomic E-state index is 13.8. The minimum absolute atomic E-state index is 0.000526. The Balaban J connectivity index is 1.30. The zero-order valence-electron chi connectivity index (χ0n) is 27.1. The maximum atomic E-state index is 13.8. The van der Waals surface area contributed by atoms with Crippen molar-refractivity contribution in [2.75, 3.05) is 13.1 Å². The highest BCUT2D eigenvalue weighted by atomic mass is 16.5. The van der Waals surface area contributed by atoms with Crippen molar-refractivity contribution in [2.45, 2.75) is 44.4 Å². The van der Waals surface area contributed by atoms with Gasteiger partial charge in [-0.1, -0.05) is 65.8 Å². The van der Waals surface area contributed by atoms with E-state index in [9.17, 15) is 24.0 Å². The monoisotopic (exact) mass is 677 g/mol. The highest BCUT2D eigenvalue weighted by Crippen LogP contribution is 2.13. The number of hydrogen-bond acceptors (Lipinski definition) is 9. The number of nitrogens with zero attached hydrogens (tertiary/aromatic N) is 5. The Kier molecular flexibility index (Phi) is 10.2. The van der Waals surface area contributed by atoms with Gasteiger partial charge < -0.3 is 30.7 Å². The van der Waals surface area contributed by atoms with Gasteiger partial charge in [-0.25, -0.2) is 9.50 Å². The van der Waals surface area contributed by atoms with Gasteiger partial charge in [-0.05, 0) is 24.1 Å². The lowest BCUT2D eigenvalue weighted by Crippen LogP contribution is -2.57. The molecule has 0 fully saturated rings. The van der Waals surface area contributed by atoms with Crippen LogP contribution in [0.3, 0.4) is 0 Å². The third-order valence-electron chi connectivity index (χ3n) is 8.13. The van der Waals surface area contributed by atoms with E-state index in [1.165, 1.54) is 28.5 Å². The summed E-state index contributed by atoms with van der Waals surface area (Å²) in [5, 5.41) is 19.2. The summed E-state index contributed by atoms with van der Waals surface area (Å²) in [6.45, 7) is 1.38. The fourth-order valence-corrected chi connectivity index (χ4v) is 5.49. The van der Waals surface area contributed by atoms with Gasteiger partial charge in [0.1, 0.15) is 18.1 Å². The van der Waals surface area contributed by atoms with Gasteiger partial charge in [0.05, 0.1) is 6.54 Å². The van der Waals surface area contributed by atoms with Crippen molar-refractivity contribution in [1.82, 2.24) is 45.9 Å². The number of fused-ring (bicyclic) bond motifs is 3. The average molecular weight is 678 g/mol. The van der Waals surface area contributed by atoms with E-state index in [2.05, 4.69) is 36.5 Å². The van der Waals surface area contributed by atoms with E-state index in [4.69, 9.17) is 4.52 Å². The first-order valence-corrected chi connectivity index (χ1v) is 16.1. The third-order valence-corrected chi connectivity index (χ3v) is 8.13. The molecule has 3 atom stereocenters. The van der Waals surface area contributed by atoms with Gasteiger partial charge in [0, 0.05) is 50.5 Å². The highest BCUT2D eigenvalue weighted by molar-refractivity contribution is 5.98. The summed E-state index contributed by atoms with van der Waals surface area (Å²) < 4.78 is 6.87. The highest BCUT2D eigenvalue weighted by Gasteiger charge is 2.30. The van der Waals surface area contributed by atoms with Crippen LogP contribution >= 0.6 is 0 Å². The van der Waals surface area contributed by atoms with Crippen LogP contribution in [0.2, 0.25) is 0 Å². The van der Waals surface area contributed by atoms with E-state index in [0.717, 1.165) is 11.1 Å². The molecule has 1 aliphatic heterocycles. The van der Waals surface area contributed by atoms with Gasteiger partial charge in [-0.2, -0.15) is 5.10 Å². The Labute approximate surface area is 286 Å². The van der Waals surface area contributed by atoms with Crippen molar-refractivity contribution in [3.8, 4) is 0 Å². The Hall–Kier alpha value is -6.38. The molecule has 1 aliphatic rings. The fraction of sp³-hybridized carbons (Fsp3) is 0.257. The first-order valence-electron chi connectivity index (χ1n) is 16.1. The predicted molar refractivity (Wildman–Crippen MR) is 178 cm³/mol. The third kappa shape index (κ3) is 8.18. The number of aromatic nitrogens is 4. The van der Waals surface area contributed by atoms with Crippen LogP contribution in [0, 0.1) is 0 Å². The molecule has 0 spiro atoms. The second kappa shape index (κ2) is 15.2. The van der Waals surface area contributed by atoms with Gasteiger partial charge in [0.25, 0.3) is 11.8 Å². The van der Waals surface area contributed by atoms with Crippen molar-refractivity contribution >= 4 is 35.2 Å². The number of nitrogens with one attached hydrogen (secondary N) is 4. The Morgan fingerprint density at radius 3 is 2.18 bits per heavy atom. The molecule has 4 N–H and O–H groups in total. The van der Waals surface area contributed by atoms with Gasteiger partial charge in [0.2, 0.25) is 17.7 Å². The molecule has 2 bridgehead atoms. The minimum atomic E-state index is -1.08. The molecule has 15 heteroatoms. The molecule has 0 unspecified atom stereocenters. The van der Waals surface area contributed by atoms with E-state index in [0.29, 0.717) is 5.65 Å². The van der Waals surface area contributed by atoms with E-state index < -0.39 is 47.7 Å². The lowest BCUT2D eigenvalue weighted by molar-refractivity contribution is -0.132. The van der Waals surface area contributed by atoms with E-state index in [-0.39, 0.29) is 49.6 Å². The van der Waals surface area contributed by atoms with Crippen molar-refractivity contribution in [3.05, 3.63) is 120 Å². The predicted octanol–water partition coefficient (Wildman–Crippen LogP) is 1.06. The van der Waals surface area contributed by atoms with Gasteiger partial charge >= 0.3 is 0 Å².